The fourth-order valence-electron chi connectivity index (χ4n) is 5.08. The summed E-state index contributed by atoms with van der Waals surface area (Å²) in [5.74, 6) is -0.997. The summed E-state index contributed by atoms with van der Waals surface area (Å²) >= 11 is 2.87. The number of hydrogen-bond donors (Lipinski definition) is 3. The predicted molar refractivity (Wildman–Crippen MR) is 194 cm³/mol. The van der Waals surface area contributed by atoms with Crippen LogP contribution in [-0.2, 0) is 9.59 Å². The molecule has 234 valence electrons. The van der Waals surface area contributed by atoms with Crippen molar-refractivity contribution >= 4 is 78.7 Å². The molecular formula is C38H32N4O3S2. The van der Waals surface area contributed by atoms with Gasteiger partial charge in [-0.05, 0) is 83.8 Å². The lowest BCUT2D eigenvalue weighted by molar-refractivity contribution is -0.116. The van der Waals surface area contributed by atoms with Crippen LogP contribution in [0.4, 0.5) is 10.8 Å². The Bertz CT molecular complexity index is 2120. The van der Waals surface area contributed by atoms with Crippen LogP contribution in [0.25, 0.3) is 27.1 Å². The van der Waals surface area contributed by atoms with Crippen molar-refractivity contribution in [3.05, 3.63) is 138 Å². The maximum atomic E-state index is 13.7. The predicted octanol–water partition coefficient (Wildman–Crippen LogP) is 8.68. The molecule has 0 bridgehead atoms. The van der Waals surface area contributed by atoms with Crippen molar-refractivity contribution in [2.75, 3.05) is 10.6 Å². The van der Waals surface area contributed by atoms with Crippen LogP contribution in [0, 0.1) is 6.92 Å². The first-order chi connectivity index (χ1) is 22.9. The zero-order valence-corrected chi connectivity index (χ0v) is 27.5. The molecule has 47 heavy (non-hydrogen) atoms. The number of anilines is 2. The van der Waals surface area contributed by atoms with Crippen molar-refractivity contribution in [1.29, 1.82) is 0 Å². The van der Waals surface area contributed by atoms with E-state index in [-0.39, 0.29) is 16.9 Å². The second-order valence-corrected chi connectivity index (χ2v) is 13.2. The van der Waals surface area contributed by atoms with E-state index in [9.17, 15) is 14.4 Å². The summed E-state index contributed by atoms with van der Waals surface area (Å²) in [6, 6.07) is 35.8. The fourth-order valence-corrected chi connectivity index (χ4v) is 7.06. The first-order valence-corrected chi connectivity index (χ1v) is 16.9. The zero-order valence-electron chi connectivity index (χ0n) is 25.8. The van der Waals surface area contributed by atoms with Gasteiger partial charge in [-0.2, -0.15) is 0 Å². The molecule has 9 heteroatoms. The van der Waals surface area contributed by atoms with Gasteiger partial charge in [0, 0.05) is 16.1 Å². The Balaban J connectivity index is 1.20. The third kappa shape index (κ3) is 7.77. The van der Waals surface area contributed by atoms with Crippen molar-refractivity contribution in [2.24, 2.45) is 0 Å². The summed E-state index contributed by atoms with van der Waals surface area (Å²) in [5.41, 5.74) is 3.87. The summed E-state index contributed by atoms with van der Waals surface area (Å²) in [6.07, 6.45) is 2.29. The van der Waals surface area contributed by atoms with Gasteiger partial charge in [0.05, 0.1) is 15.5 Å². The van der Waals surface area contributed by atoms with Crippen LogP contribution >= 0.6 is 23.1 Å². The van der Waals surface area contributed by atoms with Crippen molar-refractivity contribution in [2.45, 2.75) is 30.4 Å². The molecule has 0 aliphatic rings. The molecule has 0 aliphatic heterocycles. The number of aryl methyl sites for hydroxylation is 1. The van der Waals surface area contributed by atoms with Crippen molar-refractivity contribution < 1.29 is 14.4 Å². The third-order valence-corrected chi connectivity index (χ3v) is 9.75. The Morgan fingerprint density at radius 1 is 0.851 bits per heavy atom. The monoisotopic (exact) mass is 656 g/mol. The molecule has 3 amide bonds. The van der Waals surface area contributed by atoms with E-state index in [2.05, 4.69) is 27.0 Å². The normalized spacial score (nSPS) is 12.1. The largest absolute Gasteiger partial charge is 0.321 e. The SMILES string of the molecule is CCC(Sc1cccc(NC(=O)/C(=C\c2cccc3ccccc23)NC(=O)c2ccccc2)c1)C(=O)Nc1nc2ccc(C)cc2s1. The van der Waals surface area contributed by atoms with Gasteiger partial charge in [0.25, 0.3) is 11.8 Å². The minimum absolute atomic E-state index is 0.102. The highest BCUT2D eigenvalue weighted by Crippen LogP contribution is 2.31. The number of aromatic nitrogens is 1. The molecule has 1 heterocycles. The first-order valence-electron chi connectivity index (χ1n) is 15.2. The average molecular weight is 657 g/mol. The van der Waals surface area contributed by atoms with Gasteiger partial charge in [-0.15, -0.1) is 11.8 Å². The Hall–Kier alpha value is -5.25. The molecule has 1 unspecified atom stereocenters. The summed E-state index contributed by atoms with van der Waals surface area (Å²) in [7, 11) is 0. The summed E-state index contributed by atoms with van der Waals surface area (Å²) in [6.45, 7) is 3.99. The van der Waals surface area contributed by atoms with Gasteiger partial charge in [-0.1, -0.05) is 91.1 Å². The minimum Gasteiger partial charge on any atom is -0.321 e. The summed E-state index contributed by atoms with van der Waals surface area (Å²) < 4.78 is 1.03. The molecule has 6 aromatic rings. The molecule has 0 saturated carbocycles. The third-order valence-electron chi connectivity index (χ3n) is 7.46. The molecule has 0 spiro atoms. The van der Waals surface area contributed by atoms with Crippen LogP contribution in [-0.4, -0.2) is 28.0 Å². The highest BCUT2D eigenvalue weighted by atomic mass is 32.2. The van der Waals surface area contributed by atoms with Crippen molar-refractivity contribution in [3.8, 4) is 0 Å². The Morgan fingerprint density at radius 3 is 2.45 bits per heavy atom. The van der Waals surface area contributed by atoms with Crippen molar-refractivity contribution in [3.63, 3.8) is 0 Å². The number of carbonyl (C=O) groups is 3. The maximum absolute atomic E-state index is 13.7. The van der Waals surface area contributed by atoms with Crippen LogP contribution in [0.5, 0.6) is 0 Å². The Labute approximate surface area is 281 Å². The number of nitrogens with one attached hydrogen (secondary N) is 3. The molecule has 0 radical (unpaired) electrons. The van der Waals surface area contributed by atoms with E-state index in [0.29, 0.717) is 22.8 Å². The van der Waals surface area contributed by atoms with Crippen LogP contribution < -0.4 is 16.0 Å². The minimum atomic E-state index is -0.472. The topological polar surface area (TPSA) is 100 Å². The Morgan fingerprint density at radius 2 is 1.62 bits per heavy atom. The second-order valence-electron chi connectivity index (χ2n) is 10.9. The van der Waals surface area contributed by atoms with E-state index in [0.717, 1.165) is 37.0 Å². The quantitative estimate of drug-likeness (QED) is 0.101. The van der Waals surface area contributed by atoms with Gasteiger partial charge in [-0.3, -0.25) is 14.4 Å². The maximum Gasteiger partial charge on any atom is 0.272 e. The lowest BCUT2D eigenvalue weighted by Crippen LogP contribution is -2.30. The fraction of sp³-hybridized carbons (Fsp3) is 0.105. The number of nitrogens with zero attached hydrogens (tertiary/aromatic N) is 1. The first kappa shape index (κ1) is 31.7. The van der Waals surface area contributed by atoms with E-state index in [1.807, 2.05) is 92.7 Å². The number of hydrogen-bond acceptors (Lipinski definition) is 6. The highest BCUT2D eigenvalue weighted by Gasteiger charge is 2.21. The molecule has 3 N–H and O–H groups in total. The van der Waals surface area contributed by atoms with Crippen molar-refractivity contribution in [1.82, 2.24) is 10.3 Å². The number of rotatable bonds is 10. The average Bonchev–Trinajstić information content (AvgIpc) is 3.48. The zero-order chi connectivity index (χ0) is 32.8. The number of amides is 3. The number of thiazole rings is 1. The lowest BCUT2D eigenvalue weighted by Gasteiger charge is -2.15. The van der Waals surface area contributed by atoms with Gasteiger partial charge in [-0.25, -0.2) is 4.98 Å². The van der Waals surface area contributed by atoms with Gasteiger partial charge in [0.15, 0.2) is 5.13 Å². The second kappa shape index (κ2) is 14.5. The van der Waals surface area contributed by atoms with Crippen LogP contribution in [0.1, 0.15) is 34.8 Å². The van der Waals surface area contributed by atoms with E-state index < -0.39 is 11.8 Å². The molecule has 0 aliphatic carbocycles. The number of thioether (sulfide) groups is 1. The Kier molecular flexibility index (Phi) is 9.75. The van der Waals surface area contributed by atoms with Gasteiger partial charge in [0.2, 0.25) is 5.91 Å². The molecule has 0 fully saturated rings. The standard InChI is InChI=1S/C38H32N4O3S2/c1-3-33(37(45)42-38-41-31-20-19-24(2)21-34(31)47-38)46-29-17-10-16-28(23-29)39-36(44)32(40-35(43)26-12-5-4-6-13-26)22-27-15-9-14-25-11-7-8-18-30(25)27/h4-23,33H,3H2,1-2H3,(H,39,44)(H,40,43)(H,41,42,45)/b32-22+. The van der Waals surface area contributed by atoms with Gasteiger partial charge >= 0.3 is 0 Å². The van der Waals surface area contributed by atoms with Crippen LogP contribution in [0.3, 0.4) is 0 Å². The van der Waals surface area contributed by atoms with Gasteiger partial charge < -0.3 is 16.0 Å². The molecule has 6 rings (SSSR count). The van der Waals surface area contributed by atoms with E-state index in [1.54, 1.807) is 36.4 Å². The molecular weight excluding hydrogens is 625 g/mol. The van der Waals surface area contributed by atoms with Crippen LogP contribution in [0.15, 0.2) is 126 Å². The lowest BCUT2D eigenvalue weighted by atomic mass is 10.0. The number of benzene rings is 5. The molecule has 1 atom stereocenters. The highest BCUT2D eigenvalue weighted by molar-refractivity contribution is 8.00. The summed E-state index contributed by atoms with van der Waals surface area (Å²) in [4.78, 5) is 45.5. The van der Waals surface area contributed by atoms with E-state index in [1.165, 1.54) is 23.1 Å². The smallest absolute Gasteiger partial charge is 0.272 e. The molecule has 1 aromatic heterocycles. The van der Waals surface area contributed by atoms with E-state index >= 15 is 0 Å². The molecule has 7 nitrogen and oxygen atoms in total. The molecule has 0 saturated heterocycles. The van der Waals surface area contributed by atoms with E-state index in [4.69, 9.17) is 0 Å². The number of carbonyl (C=O) groups excluding carboxylic acids is 3. The molecule has 5 aromatic carbocycles. The van der Waals surface area contributed by atoms with Crippen LogP contribution in [0.2, 0.25) is 0 Å². The number of fused-ring (bicyclic) bond motifs is 2. The van der Waals surface area contributed by atoms with Gasteiger partial charge in [0.1, 0.15) is 5.70 Å². The summed E-state index contributed by atoms with van der Waals surface area (Å²) in [5, 5.41) is 10.9.